The second kappa shape index (κ2) is 5.72. The van der Waals surface area contributed by atoms with Gasteiger partial charge in [-0.2, -0.15) is 5.10 Å². The van der Waals surface area contributed by atoms with Crippen LogP contribution in [0, 0.1) is 0 Å². The topological polar surface area (TPSA) is 58.2 Å². The number of hydrogen-bond donors (Lipinski definition) is 1. The van der Waals surface area contributed by atoms with Crippen LogP contribution in [0.2, 0.25) is 0 Å². The van der Waals surface area contributed by atoms with E-state index in [1.165, 1.54) is 0 Å². The first-order valence-electron chi connectivity index (χ1n) is 8.27. The van der Waals surface area contributed by atoms with E-state index in [-0.39, 0.29) is 11.8 Å². The number of H-pyrrole nitrogens is 1. The van der Waals surface area contributed by atoms with E-state index >= 15 is 0 Å². The summed E-state index contributed by atoms with van der Waals surface area (Å²) < 4.78 is 5.95. The zero-order chi connectivity index (χ0) is 15.8. The summed E-state index contributed by atoms with van der Waals surface area (Å²) in [5, 5.41) is 7.07. The van der Waals surface area contributed by atoms with Crippen molar-refractivity contribution < 1.29 is 9.53 Å². The first-order valence-corrected chi connectivity index (χ1v) is 8.27. The molecule has 120 valence electrons. The number of aromatic nitrogens is 2. The number of likely N-dealkylation sites (tertiary alicyclic amines) is 1. The third kappa shape index (κ3) is 2.50. The van der Waals surface area contributed by atoms with Crippen molar-refractivity contribution in [2.45, 2.75) is 37.7 Å². The van der Waals surface area contributed by atoms with Crippen molar-refractivity contribution in [2.24, 2.45) is 0 Å². The molecule has 0 bridgehead atoms. The smallest absolute Gasteiger partial charge is 0.264 e. The SMILES string of the molecule is C[C@@H]1c2ccccc2O[C@H]1C(=O)N1CCC[C@H](c2ccn[nH]2)C1. The molecule has 0 unspecified atom stereocenters. The van der Waals surface area contributed by atoms with Crippen LogP contribution >= 0.6 is 0 Å². The molecule has 1 N–H and O–H groups in total. The predicted octanol–water partition coefficient (Wildman–Crippen LogP) is 2.68. The molecule has 5 heteroatoms. The van der Waals surface area contributed by atoms with Gasteiger partial charge in [-0.15, -0.1) is 0 Å². The summed E-state index contributed by atoms with van der Waals surface area (Å²) in [4.78, 5) is 14.9. The van der Waals surface area contributed by atoms with Crippen molar-refractivity contribution in [3.05, 3.63) is 47.8 Å². The van der Waals surface area contributed by atoms with Crippen LogP contribution in [0.3, 0.4) is 0 Å². The van der Waals surface area contributed by atoms with Gasteiger partial charge in [-0.25, -0.2) is 0 Å². The molecule has 2 aliphatic heterocycles. The maximum atomic E-state index is 13.0. The van der Waals surface area contributed by atoms with Crippen molar-refractivity contribution in [1.82, 2.24) is 15.1 Å². The summed E-state index contributed by atoms with van der Waals surface area (Å²) in [6.45, 7) is 3.63. The summed E-state index contributed by atoms with van der Waals surface area (Å²) in [5.41, 5.74) is 2.25. The Morgan fingerprint density at radius 3 is 3.00 bits per heavy atom. The molecule has 1 aromatic heterocycles. The number of amides is 1. The van der Waals surface area contributed by atoms with Gasteiger partial charge in [-0.3, -0.25) is 9.89 Å². The predicted molar refractivity (Wildman–Crippen MR) is 86.4 cm³/mol. The highest BCUT2D eigenvalue weighted by Gasteiger charge is 2.39. The Labute approximate surface area is 135 Å². The van der Waals surface area contributed by atoms with Crippen molar-refractivity contribution in [3.63, 3.8) is 0 Å². The van der Waals surface area contributed by atoms with Gasteiger partial charge in [0.1, 0.15) is 5.75 Å². The highest BCUT2D eigenvalue weighted by Crippen LogP contribution is 2.39. The Kier molecular flexibility index (Phi) is 3.56. The number of carbonyl (C=O) groups excluding carboxylic acids is 1. The number of benzene rings is 1. The Morgan fingerprint density at radius 2 is 2.22 bits per heavy atom. The maximum Gasteiger partial charge on any atom is 0.264 e. The summed E-state index contributed by atoms with van der Waals surface area (Å²) in [6.07, 6.45) is 3.49. The van der Waals surface area contributed by atoms with Crippen LogP contribution in [-0.2, 0) is 4.79 Å². The molecule has 2 aromatic rings. The minimum atomic E-state index is -0.395. The van der Waals surface area contributed by atoms with Crippen LogP contribution in [0.5, 0.6) is 5.75 Å². The van der Waals surface area contributed by atoms with E-state index in [1.54, 1.807) is 6.20 Å². The fourth-order valence-electron chi connectivity index (χ4n) is 3.74. The van der Waals surface area contributed by atoms with Crippen molar-refractivity contribution in [2.75, 3.05) is 13.1 Å². The lowest BCUT2D eigenvalue weighted by molar-refractivity contribution is -0.140. The Balaban J connectivity index is 1.49. The molecule has 1 fully saturated rings. The third-order valence-electron chi connectivity index (χ3n) is 5.06. The number of piperidine rings is 1. The molecule has 2 aliphatic rings. The molecular formula is C18H21N3O2. The lowest BCUT2D eigenvalue weighted by Crippen LogP contribution is -2.46. The number of aromatic amines is 1. The number of ether oxygens (including phenoxy) is 1. The van der Waals surface area contributed by atoms with Gasteiger partial charge in [0.2, 0.25) is 0 Å². The first kappa shape index (κ1) is 14.3. The molecule has 0 radical (unpaired) electrons. The number of carbonyl (C=O) groups is 1. The highest BCUT2D eigenvalue weighted by molar-refractivity contribution is 5.83. The summed E-state index contributed by atoms with van der Waals surface area (Å²) in [7, 11) is 0. The van der Waals surface area contributed by atoms with E-state index in [1.807, 2.05) is 29.2 Å². The number of nitrogens with one attached hydrogen (secondary N) is 1. The van der Waals surface area contributed by atoms with E-state index in [0.29, 0.717) is 5.92 Å². The second-order valence-electron chi connectivity index (χ2n) is 6.50. The molecule has 23 heavy (non-hydrogen) atoms. The van der Waals surface area contributed by atoms with Crippen LogP contribution in [-0.4, -0.2) is 40.2 Å². The zero-order valence-corrected chi connectivity index (χ0v) is 13.2. The van der Waals surface area contributed by atoms with Gasteiger partial charge in [0.25, 0.3) is 5.91 Å². The largest absolute Gasteiger partial charge is 0.480 e. The molecule has 4 rings (SSSR count). The molecule has 0 saturated carbocycles. The van der Waals surface area contributed by atoms with Gasteiger partial charge in [0.15, 0.2) is 6.10 Å². The molecule has 1 aromatic carbocycles. The van der Waals surface area contributed by atoms with Gasteiger partial charge < -0.3 is 9.64 Å². The number of rotatable bonds is 2. The number of nitrogens with zero attached hydrogens (tertiary/aromatic N) is 2. The Morgan fingerprint density at radius 1 is 1.35 bits per heavy atom. The van der Waals surface area contributed by atoms with Gasteiger partial charge >= 0.3 is 0 Å². The van der Waals surface area contributed by atoms with E-state index in [9.17, 15) is 4.79 Å². The number of para-hydroxylation sites is 1. The average Bonchev–Trinajstić information content (AvgIpc) is 3.23. The Bertz CT molecular complexity index is 698. The number of fused-ring (bicyclic) bond motifs is 1. The fraction of sp³-hybridized carbons (Fsp3) is 0.444. The summed E-state index contributed by atoms with van der Waals surface area (Å²) in [5.74, 6) is 1.40. The van der Waals surface area contributed by atoms with Gasteiger partial charge in [0.05, 0.1) is 0 Å². The molecule has 3 heterocycles. The maximum absolute atomic E-state index is 13.0. The quantitative estimate of drug-likeness (QED) is 0.927. The van der Waals surface area contributed by atoms with Gasteiger partial charge in [0, 0.05) is 42.4 Å². The van der Waals surface area contributed by atoms with Crippen LogP contribution < -0.4 is 4.74 Å². The van der Waals surface area contributed by atoms with E-state index in [0.717, 1.165) is 42.9 Å². The van der Waals surface area contributed by atoms with Crippen molar-refractivity contribution in [1.29, 1.82) is 0 Å². The molecule has 0 aliphatic carbocycles. The monoisotopic (exact) mass is 311 g/mol. The van der Waals surface area contributed by atoms with Crippen LogP contribution in [0.4, 0.5) is 0 Å². The van der Waals surface area contributed by atoms with E-state index < -0.39 is 6.10 Å². The third-order valence-corrected chi connectivity index (χ3v) is 5.06. The lowest BCUT2D eigenvalue weighted by Gasteiger charge is -2.34. The normalized spacial score (nSPS) is 26.7. The fourth-order valence-corrected chi connectivity index (χ4v) is 3.74. The second-order valence-corrected chi connectivity index (χ2v) is 6.50. The number of hydrogen-bond acceptors (Lipinski definition) is 3. The van der Waals surface area contributed by atoms with Crippen molar-refractivity contribution in [3.8, 4) is 5.75 Å². The van der Waals surface area contributed by atoms with Gasteiger partial charge in [-0.1, -0.05) is 25.1 Å². The Hall–Kier alpha value is -2.30. The van der Waals surface area contributed by atoms with E-state index in [2.05, 4.69) is 23.2 Å². The molecule has 5 nitrogen and oxygen atoms in total. The van der Waals surface area contributed by atoms with E-state index in [4.69, 9.17) is 4.74 Å². The lowest BCUT2D eigenvalue weighted by atomic mass is 9.92. The van der Waals surface area contributed by atoms with Crippen LogP contribution in [0.25, 0.3) is 0 Å². The molecule has 3 atom stereocenters. The van der Waals surface area contributed by atoms with Gasteiger partial charge in [-0.05, 0) is 25.0 Å². The minimum Gasteiger partial charge on any atom is -0.480 e. The first-order chi connectivity index (χ1) is 11.2. The summed E-state index contributed by atoms with van der Waals surface area (Å²) in [6, 6.07) is 9.96. The standard InChI is InChI=1S/C18H21N3O2/c1-12-14-6-2-3-7-16(14)23-17(12)18(22)21-10-4-5-13(11-21)15-8-9-19-20-15/h2-3,6-9,12-13,17H,4-5,10-11H2,1H3,(H,19,20)/t12-,13+,17-/m1/s1. The molecular weight excluding hydrogens is 290 g/mol. The average molecular weight is 311 g/mol. The zero-order valence-electron chi connectivity index (χ0n) is 13.2. The highest BCUT2D eigenvalue weighted by atomic mass is 16.5. The molecule has 1 saturated heterocycles. The molecule has 1 amide bonds. The minimum absolute atomic E-state index is 0.103. The van der Waals surface area contributed by atoms with Crippen LogP contribution in [0.15, 0.2) is 36.5 Å². The van der Waals surface area contributed by atoms with Crippen molar-refractivity contribution >= 4 is 5.91 Å². The molecule has 0 spiro atoms. The summed E-state index contributed by atoms with van der Waals surface area (Å²) >= 11 is 0. The van der Waals surface area contributed by atoms with Crippen LogP contribution in [0.1, 0.15) is 42.9 Å².